The molecular formula is C27H40O. The molecule has 0 heterocycles. The van der Waals surface area contributed by atoms with E-state index in [0.29, 0.717) is 5.75 Å². The van der Waals surface area contributed by atoms with Crippen LogP contribution in [0.5, 0.6) is 5.75 Å². The molecule has 0 bridgehead atoms. The highest BCUT2D eigenvalue weighted by Crippen LogP contribution is 2.40. The van der Waals surface area contributed by atoms with E-state index in [1.807, 2.05) is 0 Å². The highest BCUT2D eigenvalue weighted by Gasteiger charge is 2.26. The van der Waals surface area contributed by atoms with Gasteiger partial charge in [0.25, 0.3) is 0 Å². The molecular weight excluding hydrogens is 340 g/mol. The normalized spacial score (nSPS) is 12.5. The van der Waals surface area contributed by atoms with Gasteiger partial charge in [-0.1, -0.05) is 86.6 Å². The van der Waals surface area contributed by atoms with Crippen LogP contribution < -0.4 is 0 Å². The maximum absolute atomic E-state index is 11.0. The van der Waals surface area contributed by atoms with Gasteiger partial charge in [0.2, 0.25) is 0 Å². The summed E-state index contributed by atoms with van der Waals surface area (Å²) in [7, 11) is 0. The van der Waals surface area contributed by atoms with Crippen molar-refractivity contribution >= 4 is 0 Å². The molecule has 0 radical (unpaired) electrons. The molecule has 0 aromatic heterocycles. The summed E-state index contributed by atoms with van der Waals surface area (Å²) in [6, 6.07) is 9.25. The van der Waals surface area contributed by atoms with Crippen molar-refractivity contribution in [3.63, 3.8) is 0 Å². The molecule has 0 aliphatic carbocycles. The second-order valence-corrected chi connectivity index (χ2v) is 10.2. The fourth-order valence-electron chi connectivity index (χ4n) is 4.08. The predicted octanol–water partition coefficient (Wildman–Crippen LogP) is 7.27. The first-order valence-electron chi connectivity index (χ1n) is 10.9. The van der Waals surface area contributed by atoms with Crippen LogP contribution in [0.15, 0.2) is 24.3 Å². The fourth-order valence-corrected chi connectivity index (χ4v) is 4.08. The van der Waals surface area contributed by atoms with Crippen molar-refractivity contribution in [3.05, 3.63) is 63.2 Å². The molecule has 0 spiro atoms. The van der Waals surface area contributed by atoms with Crippen molar-refractivity contribution < 1.29 is 5.11 Å². The molecule has 0 aliphatic heterocycles. The van der Waals surface area contributed by atoms with Gasteiger partial charge in [0.15, 0.2) is 0 Å². The van der Waals surface area contributed by atoms with Gasteiger partial charge in [-0.15, -0.1) is 0 Å². The lowest BCUT2D eigenvalue weighted by Gasteiger charge is -2.28. The molecule has 0 atom stereocenters. The van der Waals surface area contributed by atoms with Crippen LogP contribution in [-0.4, -0.2) is 5.11 Å². The lowest BCUT2D eigenvalue weighted by atomic mass is 9.77. The number of phenols is 1. The summed E-state index contributed by atoms with van der Waals surface area (Å²) in [5, 5.41) is 11.0. The van der Waals surface area contributed by atoms with Crippen molar-refractivity contribution in [1.82, 2.24) is 0 Å². The number of aryl methyl sites for hydroxylation is 3. The number of rotatable bonds is 5. The molecule has 2 aromatic rings. The number of benzene rings is 2. The maximum Gasteiger partial charge on any atom is 0.123 e. The lowest BCUT2D eigenvalue weighted by molar-refractivity contribution is 0.423. The fraction of sp³-hybridized carbons (Fsp3) is 0.556. The summed E-state index contributed by atoms with van der Waals surface area (Å²) < 4.78 is 0. The minimum Gasteiger partial charge on any atom is -0.507 e. The van der Waals surface area contributed by atoms with Gasteiger partial charge in [0, 0.05) is 0 Å². The zero-order valence-corrected chi connectivity index (χ0v) is 19.6. The molecule has 1 N–H and O–H groups in total. The molecule has 154 valence electrons. The highest BCUT2D eigenvalue weighted by molar-refractivity contribution is 5.52. The Hall–Kier alpha value is -1.76. The second kappa shape index (κ2) is 8.31. The smallest absolute Gasteiger partial charge is 0.123 e. The quantitative estimate of drug-likeness (QED) is 0.578. The lowest BCUT2D eigenvalue weighted by Crippen LogP contribution is -2.18. The molecule has 2 rings (SSSR count). The van der Waals surface area contributed by atoms with Gasteiger partial charge in [-0.3, -0.25) is 0 Å². The molecule has 0 aliphatic rings. The average molecular weight is 381 g/mol. The van der Waals surface area contributed by atoms with E-state index in [1.54, 1.807) is 0 Å². The van der Waals surface area contributed by atoms with Crippen LogP contribution in [0.2, 0.25) is 0 Å². The van der Waals surface area contributed by atoms with Gasteiger partial charge in [-0.2, -0.15) is 0 Å². The van der Waals surface area contributed by atoms with Crippen molar-refractivity contribution in [2.75, 3.05) is 0 Å². The number of hydrogen-bond acceptors (Lipinski definition) is 1. The Morgan fingerprint density at radius 1 is 0.643 bits per heavy atom. The van der Waals surface area contributed by atoms with E-state index in [1.165, 1.54) is 27.8 Å². The van der Waals surface area contributed by atoms with Gasteiger partial charge in [-0.25, -0.2) is 0 Å². The number of phenolic OH excluding ortho intramolecular Hbond substituents is 1. The van der Waals surface area contributed by atoms with E-state index in [2.05, 4.69) is 86.6 Å². The SMILES string of the molecule is CCc1cc(CC)c(Cc2cc(C(C)(C)C)c(O)c(C(C)(C)C)c2)c(CC)c1. The van der Waals surface area contributed by atoms with Crippen LogP contribution in [-0.2, 0) is 36.5 Å². The average Bonchev–Trinajstić information content (AvgIpc) is 2.60. The predicted molar refractivity (Wildman–Crippen MR) is 123 cm³/mol. The first-order valence-corrected chi connectivity index (χ1v) is 10.9. The van der Waals surface area contributed by atoms with E-state index in [4.69, 9.17) is 0 Å². The van der Waals surface area contributed by atoms with Crippen LogP contribution >= 0.6 is 0 Å². The summed E-state index contributed by atoms with van der Waals surface area (Å²) in [4.78, 5) is 0. The van der Waals surface area contributed by atoms with Gasteiger partial charge in [0.1, 0.15) is 5.75 Å². The Morgan fingerprint density at radius 3 is 1.39 bits per heavy atom. The molecule has 0 unspecified atom stereocenters. The monoisotopic (exact) mass is 380 g/mol. The van der Waals surface area contributed by atoms with Crippen molar-refractivity contribution in [2.45, 2.75) is 98.8 Å². The molecule has 0 fully saturated rings. The van der Waals surface area contributed by atoms with E-state index in [9.17, 15) is 5.11 Å². The Balaban J connectivity index is 2.67. The van der Waals surface area contributed by atoms with E-state index < -0.39 is 0 Å². The second-order valence-electron chi connectivity index (χ2n) is 10.2. The Labute approximate surface area is 173 Å². The number of hydrogen-bond donors (Lipinski definition) is 1. The van der Waals surface area contributed by atoms with Gasteiger partial charge in [0.05, 0.1) is 0 Å². The van der Waals surface area contributed by atoms with Gasteiger partial charge in [-0.05, 0) is 75.5 Å². The summed E-state index contributed by atoms with van der Waals surface area (Å²) in [6.45, 7) is 19.9. The molecule has 1 nitrogen and oxygen atoms in total. The third-order valence-corrected chi connectivity index (χ3v) is 5.83. The third-order valence-electron chi connectivity index (χ3n) is 5.83. The van der Waals surface area contributed by atoms with Crippen LogP contribution in [0.4, 0.5) is 0 Å². The molecule has 0 amide bonds. The van der Waals surface area contributed by atoms with Gasteiger partial charge >= 0.3 is 0 Å². The topological polar surface area (TPSA) is 20.2 Å². The minimum absolute atomic E-state index is 0.0899. The maximum atomic E-state index is 11.0. The van der Waals surface area contributed by atoms with Crippen LogP contribution in [0.1, 0.15) is 101 Å². The molecule has 28 heavy (non-hydrogen) atoms. The molecule has 2 aromatic carbocycles. The Kier molecular flexibility index (Phi) is 6.69. The molecule has 0 saturated carbocycles. The standard InChI is InChI=1S/C27H40O/c1-10-18-13-20(11-2)22(21(12-3)14-18)15-19-16-23(26(4,5)6)25(28)24(17-19)27(7,8)9/h13-14,16-17,28H,10-12,15H2,1-9H3. The number of aromatic hydroxyl groups is 1. The third kappa shape index (κ3) is 4.80. The largest absolute Gasteiger partial charge is 0.507 e. The van der Waals surface area contributed by atoms with Gasteiger partial charge < -0.3 is 5.11 Å². The zero-order chi connectivity index (χ0) is 21.3. The first kappa shape index (κ1) is 22.5. The summed E-state index contributed by atoms with van der Waals surface area (Å²) in [6.07, 6.45) is 4.14. The van der Waals surface area contributed by atoms with Crippen LogP contribution in [0, 0.1) is 0 Å². The van der Waals surface area contributed by atoms with Crippen molar-refractivity contribution in [1.29, 1.82) is 0 Å². The Bertz CT molecular complexity index is 768. The van der Waals surface area contributed by atoms with Crippen molar-refractivity contribution in [2.24, 2.45) is 0 Å². The minimum atomic E-state index is -0.0899. The first-order chi connectivity index (χ1) is 12.9. The van der Waals surface area contributed by atoms with E-state index in [-0.39, 0.29) is 10.8 Å². The molecule has 1 heteroatoms. The van der Waals surface area contributed by atoms with Crippen LogP contribution in [0.25, 0.3) is 0 Å². The van der Waals surface area contributed by atoms with Crippen LogP contribution in [0.3, 0.4) is 0 Å². The Morgan fingerprint density at radius 2 is 1.07 bits per heavy atom. The summed E-state index contributed by atoms with van der Waals surface area (Å²) in [5.74, 6) is 0.469. The van der Waals surface area contributed by atoms with E-state index >= 15 is 0 Å². The van der Waals surface area contributed by atoms with Crippen molar-refractivity contribution in [3.8, 4) is 5.75 Å². The van der Waals surface area contributed by atoms with E-state index in [0.717, 1.165) is 36.8 Å². The highest BCUT2D eigenvalue weighted by atomic mass is 16.3. The summed E-state index contributed by atoms with van der Waals surface area (Å²) >= 11 is 0. The molecule has 0 saturated heterocycles. The zero-order valence-electron chi connectivity index (χ0n) is 19.6. The summed E-state index contributed by atoms with van der Waals surface area (Å²) in [5.41, 5.74) is 9.09.